The van der Waals surface area contributed by atoms with Gasteiger partial charge in [-0.3, -0.25) is 0 Å². The van der Waals surface area contributed by atoms with Gasteiger partial charge in [0.05, 0.1) is 22.3 Å². The standard InChI is InChI=1S/C11H12N2O2S/c1-3-6-13-8-12-10-7-9(16(2,14)15)4-5-11(10)13/h3-5,7-8H,1,6H2,2H3. The molecular weight excluding hydrogens is 224 g/mol. The third kappa shape index (κ3) is 1.86. The number of fused-ring (bicyclic) bond motifs is 1. The van der Waals surface area contributed by atoms with Gasteiger partial charge in [0.2, 0.25) is 0 Å². The number of aromatic nitrogens is 2. The van der Waals surface area contributed by atoms with E-state index in [1.165, 1.54) is 6.26 Å². The highest BCUT2D eigenvalue weighted by Crippen LogP contribution is 2.18. The van der Waals surface area contributed by atoms with E-state index in [4.69, 9.17) is 0 Å². The Morgan fingerprint density at radius 2 is 2.25 bits per heavy atom. The number of sulfone groups is 1. The number of benzene rings is 1. The first-order valence-electron chi connectivity index (χ1n) is 4.78. The molecule has 0 fully saturated rings. The van der Waals surface area contributed by atoms with Gasteiger partial charge in [-0.25, -0.2) is 13.4 Å². The van der Waals surface area contributed by atoms with E-state index in [-0.39, 0.29) is 0 Å². The van der Waals surface area contributed by atoms with Gasteiger partial charge in [-0.1, -0.05) is 6.08 Å². The Hall–Kier alpha value is -1.62. The van der Waals surface area contributed by atoms with E-state index in [1.54, 1.807) is 30.6 Å². The Bertz CT molecular complexity index is 641. The van der Waals surface area contributed by atoms with Gasteiger partial charge in [-0.2, -0.15) is 0 Å². The topological polar surface area (TPSA) is 52.0 Å². The number of rotatable bonds is 3. The Balaban J connectivity index is 2.62. The molecule has 0 bridgehead atoms. The lowest BCUT2D eigenvalue weighted by molar-refractivity contribution is 0.602. The highest BCUT2D eigenvalue weighted by atomic mass is 32.2. The fraction of sp³-hybridized carbons (Fsp3) is 0.182. The monoisotopic (exact) mass is 236 g/mol. The number of imidazole rings is 1. The van der Waals surface area contributed by atoms with Crippen molar-refractivity contribution in [1.82, 2.24) is 9.55 Å². The first-order valence-corrected chi connectivity index (χ1v) is 6.67. The predicted octanol–water partition coefficient (Wildman–Crippen LogP) is 1.63. The van der Waals surface area contributed by atoms with Crippen molar-refractivity contribution in [2.24, 2.45) is 0 Å². The minimum absolute atomic E-state index is 0.295. The molecule has 4 nitrogen and oxygen atoms in total. The van der Waals surface area contributed by atoms with Gasteiger partial charge in [0, 0.05) is 12.8 Å². The SMILES string of the molecule is C=CCn1cnc2cc(S(C)(=O)=O)ccc21. The number of nitrogens with zero attached hydrogens (tertiary/aromatic N) is 2. The molecule has 1 heterocycles. The Kier molecular flexibility index (Phi) is 2.55. The molecule has 0 aliphatic rings. The molecule has 0 aliphatic heterocycles. The van der Waals surface area contributed by atoms with Gasteiger partial charge in [-0.05, 0) is 18.2 Å². The van der Waals surface area contributed by atoms with Crippen molar-refractivity contribution in [2.45, 2.75) is 11.4 Å². The van der Waals surface area contributed by atoms with E-state index in [0.29, 0.717) is 17.0 Å². The Morgan fingerprint density at radius 1 is 1.50 bits per heavy atom. The van der Waals surface area contributed by atoms with Crippen LogP contribution in [0.4, 0.5) is 0 Å². The van der Waals surface area contributed by atoms with Crippen LogP contribution in [-0.4, -0.2) is 24.2 Å². The summed E-state index contributed by atoms with van der Waals surface area (Å²) in [6.45, 7) is 4.32. The molecule has 0 unspecified atom stereocenters. The van der Waals surface area contributed by atoms with Crippen molar-refractivity contribution < 1.29 is 8.42 Å². The fourth-order valence-corrected chi connectivity index (χ4v) is 2.20. The van der Waals surface area contributed by atoms with Crippen LogP contribution in [0.1, 0.15) is 0 Å². The molecule has 1 aromatic carbocycles. The Morgan fingerprint density at radius 3 is 2.88 bits per heavy atom. The normalized spacial score (nSPS) is 11.8. The van der Waals surface area contributed by atoms with Gasteiger partial charge < -0.3 is 4.57 Å². The summed E-state index contributed by atoms with van der Waals surface area (Å²) in [6.07, 6.45) is 4.64. The highest BCUT2D eigenvalue weighted by Gasteiger charge is 2.09. The molecule has 16 heavy (non-hydrogen) atoms. The summed E-state index contributed by atoms with van der Waals surface area (Å²) < 4.78 is 24.6. The molecule has 0 spiro atoms. The van der Waals surface area contributed by atoms with Gasteiger partial charge in [0.25, 0.3) is 0 Å². The van der Waals surface area contributed by atoms with Crippen molar-refractivity contribution >= 4 is 20.9 Å². The summed E-state index contributed by atoms with van der Waals surface area (Å²) in [5.74, 6) is 0. The zero-order chi connectivity index (χ0) is 11.8. The van der Waals surface area contributed by atoms with Crippen LogP contribution in [0.2, 0.25) is 0 Å². The van der Waals surface area contributed by atoms with Crippen LogP contribution in [0.5, 0.6) is 0 Å². The Labute approximate surface area is 94.1 Å². The third-order valence-corrected chi connectivity index (χ3v) is 3.46. The average molecular weight is 236 g/mol. The maximum absolute atomic E-state index is 11.4. The number of hydrogen-bond acceptors (Lipinski definition) is 3. The van der Waals surface area contributed by atoms with Gasteiger partial charge >= 0.3 is 0 Å². The van der Waals surface area contributed by atoms with E-state index in [1.807, 2.05) is 4.57 Å². The average Bonchev–Trinajstić information content (AvgIpc) is 2.60. The third-order valence-electron chi connectivity index (χ3n) is 2.35. The predicted molar refractivity (Wildman–Crippen MR) is 63.0 cm³/mol. The summed E-state index contributed by atoms with van der Waals surface area (Å²) in [5.41, 5.74) is 1.59. The summed E-state index contributed by atoms with van der Waals surface area (Å²) >= 11 is 0. The second-order valence-corrected chi connectivity index (χ2v) is 5.62. The minimum Gasteiger partial charge on any atom is -0.327 e. The first-order chi connectivity index (χ1) is 7.52. The van der Waals surface area contributed by atoms with Gasteiger partial charge in [0.15, 0.2) is 9.84 Å². The summed E-state index contributed by atoms with van der Waals surface area (Å²) in [7, 11) is -3.17. The quantitative estimate of drug-likeness (QED) is 0.761. The van der Waals surface area contributed by atoms with Gasteiger partial charge in [0.1, 0.15) is 0 Å². The maximum atomic E-state index is 11.4. The number of allylic oxidation sites excluding steroid dienone is 1. The number of hydrogen-bond donors (Lipinski definition) is 0. The van der Waals surface area contributed by atoms with E-state index < -0.39 is 9.84 Å². The second kappa shape index (κ2) is 3.75. The van der Waals surface area contributed by atoms with Crippen LogP contribution in [0.3, 0.4) is 0 Å². The van der Waals surface area contributed by atoms with Crippen LogP contribution in [0.15, 0.2) is 42.1 Å². The zero-order valence-electron chi connectivity index (χ0n) is 8.92. The van der Waals surface area contributed by atoms with E-state index in [2.05, 4.69) is 11.6 Å². The van der Waals surface area contributed by atoms with Crippen molar-refractivity contribution in [2.75, 3.05) is 6.26 Å². The molecule has 0 radical (unpaired) electrons. The molecule has 0 aliphatic carbocycles. The molecule has 1 aromatic heterocycles. The molecule has 0 saturated heterocycles. The molecule has 0 atom stereocenters. The fourth-order valence-electron chi connectivity index (χ4n) is 1.56. The van der Waals surface area contributed by atoms with Crippen LogP contribution in [-0.2, 0) is 16.4 Å². The smallest absolute Gasteiger partial charge is 0.175 e. The summed E-state index contributed by atoms with van der Waals surface area (Å²) in [4.78, 5) is 4.46. The lowest BCUT2D eigenvalue weighted by atomic mass is 10.3. The van der Waals surface area contributed by atoms with Crippen LogP contribution < -0.4 is 0 Å². The van der Waals surface area contributed by atoms with Crippen LogP contribution >= 0.6 is 0 Å². The summed E-state index contributed by atoms with van der Waals surface area (Å²) in [5, 5.41) is 0. The zero-order valence-corrected chi connectivity index (χ0v) is 9.74. The molecule has 0 N–H and O–H groups in total. The van der Waals surface area contributed by atoms with Crippen LogP contribution in [0, 0.1) is 0 Å². The van der Waals surface area contributed by atoms with Crippen LogP contribution in [0.25, 0.3) is 11.0 Å². The molecule has 0 saturated carbocycles. The maximum Gasteiger partial charge on any atom is 0.175 e. The lowest BCUT2D eigenvalue weighted by Gasteiger charge is -2.00. The molecular formula is C11H12N2O2S. The van der Waals surface area contributed by atoms with Crippen molar-refractivity contribution in [3.05, 3.63) is 37.2 Å². The minimum atomic E-state index is -3.17. The molecule has 5 heteroatoms. The van der Waals surface area contributed by atoms with Gasteiger partial charge in [-0.15, -0.1) is 6.58 Å². The van der Waals surface area contributed by atoms with Crippen molar-refractivity contribution in [1.29, 1.82) is 0 Å². The molecule has 0 amide bonds. The highest BCUT2D eigenvalue weighted by molar-refractivity contribution is 7.90. The van der Waals surface area contributed by atoms with Crippen molar-refractivity contribution in [3.63, 3.8) is 0 Å². The van der Waals surface area contributed by atoms with E-state index in [0.717, 1.165) is 5.52 Å². The second-order valence-electron chi connectivity index (χ2n) is 3.61. The molecule has 84 valence electrons. The molecule has 2 rings (SSSR count). The molecule has 2 aromatic rings. The van der Waals surface area contributed by atoms with E-state index >= 15 is 0 Å². The summed E-state index contributed by atoms with van der Waals surface area (Å²) in [6, 6.07) is 4.95. The van der Waals surface area contributed by atoms with E-state index in [9.17, 15) is 8.42 Å². The largest absolute Gasteiger partial charge is 0.327 e. The van der Waals surface area contributed by atoms with Crippen molar-refractivity contribution in [3.8, 4) is 0 Å². The first kappa shape index (κ1) is 10.9. The lowest BCUT2D eigenvalue weighted by Crippen LogP contribution is -1.97.